The van der Waals surface area contributed by atoms with Crippen LogP contribution >= 0.6 is 0 Å². The Labute approximate surface area is 201 Å². The summed E-state index contributed by atoms with van der Waals surface area (Å²) in [6, 6.07) is 17.1. The van der Waals surface area contributed by atoms with Crippen LogP contribution in [0, 0.1) is 17.5 Å². The lowest BCUT2D eigenvalue weighted by molar-refractivity contribution is -0.147. The van der Waals surface area contributed by atoms with E-state index in [-0.39, 0.29) is 23.4 Å². The monoisotopic (exact) mass is 478 g/mol. The number of benzene rings is 3. The van der Waals surface area contributed by atoms with Crippen molar-refractivity contribution >= 4 is 16.9 Å². The van der Waals surface area contributed by atoms with Gasteiger partial charge in [0, 0.05) is 36.8 Å². The highest BCUT2D eigenvalue weighted by atomic mass is 19.1. The van der Waals surface area contributed by atoms with E-state index in [4.69, 9.17) is 4.74 Å². The fraction of sp³-hybridized carbons (Fsp3) is 0.250. The van der Waals surface area contributed by atoms with Crippen LogP contribution < -0.4 is 0 Å². The molecule has 0 aliphatic carbocycles. The zero-order valence-electron chi connectivity index (χ0n) is 19.3. The summed E-state index contributed by atoms with van der Waals surface area (Å²) in [4.78, 5) is 13.9. The summed E-state index contributed by atoms with van der Waals surface area (Å²) in [5.41, 5.74) is 4.62. The second kappa shape index (κ2) is 9.58. The molecule has 1 aliphatic rings. The zero-order chi connectivity index (χ0) is 24.5. The number of aromatic nitrogens is 1. The number of ether oxygens (including phenoxy) is 1. The van der Waals surface area contributed by atoms with Crippen LogP contribution in [0.1, 0.15) is 42.7 Å². The van der Waals surface area contributed by atoms with Crippen molar-refractivity contribution in [3.63, 3.8) is 0 Å². The first kappa shape index (κ1) is 23.2. The molecule has 0 amide bonds. The first-order chi connectivity index (χ1) is 16.9. The molecule has 180 valence electrons. The number of rotatable bonds is 7. The highest BCUT2D eigenvalue weighted by Crippen LogP contribution is 2.36. The Morgan fingerprint density at radius 3 is 2.26 bits per heavy atom. The van der Waals surface area contributed by atoms with Gasteiger partial charge in [0.05, 0.1) is 5.52 Å². The lowest BCUT2D eigenvalue weighted by Gasteiger charge is -2.20. The number of fused-ring (bicyclic) bond motifs is 3. The maximum absolute atomic E-state index is 14.1. The second-order valence-electron chi connectivity index (χ2n) is 8.90. The Hall–Kier alpha value is -3.58. The largest absolute Gasteiger partial charge is 0.458 e. The van der Waals surface area contributed by atoms with Crippen molar-refractivity contribution in [1.29, 1.82) is 0 Å². The number of nitrogens with zero attached hydrogens (tertiary/aromatic N) is 2. The molecule has 0 saturated carbocycles. The lowest BCUT2D eigenvalue weighted by Crippen LogP contribution is -2.20. The summed E-state index contributed by atoms with van der Waals surface area (Å²) in [6.45, 7) is 3.44. The molecule has 0 radical (unpaired) electrons. The summed E-state index contributed by atoms with van der Waals surface area (Å²) in [5, 5.41) is 0.857. The molecule has 0 N–H and O–H groups in total. The molecule has 0 spiro atoms. The van der Waals surface area contributed by atoms with Crippen LogP contribution in [0.4, 0.5) is 13.2 Å². The highest BCUT2D eigenvalue weighted by molar-refractivity contribution is 5.88. The van der Waals surface area contributed by atoms with E-state index in [0.717, 1.165) is 46.4 Å². The van der Waals surface area contributed by atoms with Gasteiger partial charge in [-0.3, -0.25) is 9.69 Å². The van der Waals surface area contributed by atoms with Crippen molar-refractivity contribution in [3.05, 3.63) is 101 Å². The average molecular weight is 479 g/mol. The Kier molecular flexibility index (Phi) is 6.34. The van der Waals surface area contributed by atoms with Gasteiger partial charge in [0.15, 0.2) is 0 Å². The first-order valence-electron chi connectivity index (χ1n) is 11.6. The van der Waals surface area contributed by atoms with Gasteiger partial charge in [-0.2, -0.15) is 0 Å². The zero-order valence-corrected chi connectivity index (χ0v) is 19.3. The van der Waals surface area contributed by atoms with Crippen LogP contribution in [0.5, 0.6) is 0 Å². The van der Waals surface area contributed by atoms with Crippen molar-refractivity contribution in [2.75, 3.05) is 6.54 Å². The van der Waals surface area contributed by atoms with Crippen LogP contribution in [-0.2, 0) is 22.6 Å². The number of carbonyl (C=O) groups excluding carboxylic acids is 1. The fourth-order valence-electron chi connectivity index (χ4n) is 4.93. The van der Waals surface area contributed by atoms with Crippen LogP contribution in [0.25, 0.3) is 16.6 Å². The molecule has 0 bridgehead atoms. The fourth-order valence-corrected chi connectivity index (χ4v) is 4.93. The molecule has 2 heterocycles. The van der Waals surface area contributed by atoms with E-state index in [1.54, 1.807) is 36.4 Å². The van der Waals surface area contributed by atoms with E-state index in [2.05, 4.69) is 9.47 Å². The maximum atomic E-state index is 14.1. The first-order valence-corrected chi connectivity index (χ1v) is 11.6. The molecule has 4 nitrogen and oxygen atoms in total. The van der Waals surface area contributed by atoms with Gasteiger partial charge in [-0.25, -0.2) is 13.2 Å². The second-order valence-corrected chi connectivity index (χ2v) is 8.90. The Balaban J connectivity index is 1.34. The van der Waals surface area contributed by atoms with Gasteiger partial charge in [0.2, 0.25) is 0 Å². The van der Waals surface area contributed by atoms with Crippen LogP contribution in [-0.4, -0.2) is 22.0 Å². The predicted octanol–water partition coefficient (Wildman–Crippen LogP) is 6.45. The smallest absolute Gasteiger partial charge is 0.303 e. The summed E-state index contributed by atoms with van der Waals surface area (Å²) in [7, 11) is 0. The molecule has 0 saturated heterocycles. The van der Waals surface area contributed by atoms with E-state index in [9.17, 15) is 18.0 Å². The molecule has 4 aromatic rings. The third kappa shape index (κ3) is 4.82. The molecular weight excluding hydrogens is 453 g/mol. The number of halogens is 3. The van der Waals surface area contributed by atoms with Crippen molar-refractivity contribution in [1.82, 2.24) is 9.47 Å². The van der Waals surface area contributed by atoms with Crippen LogP contribution in [0.3, 0.4) is 0 Å². The molecule has 1 atom stereocenters. The summed E-state index contributed by atoms with van der Waals surface area (Å²) in [5.74, 6) is -1.32. The quantitative estimate of drug-likeness (QED) is 0.287. The minimum absolute atomic E-state index is 0.293. The molecule has 35 heavy (non-hydrogen) atoms. The van der Waals surface area contributed by atoms with Gasteiger partial charge < -0.3 is 9.30 Å². The molecule has 1 aliphatic heterocycles. The number of carbonyl (C=O) groups is 1. The van der Waals surface area contributed by atoms with E-state index in [0.29, 0.717) is 19.5 Å². The third-order valence-corrected chi connectivity index (χ3v) is 6.47. The SMILES string of the molecule is CC(=O)OC(CCCN1Cc2c(n(-c3ccc(F)cc3)c3ccc(F)cc23)C1)c1ccc(F)cc1. The van der Waals surface area contributed by atoms with E-state index >= 15 is 0 Å². The van der Waals surface area contributed by atoms with E-state index in [1.807, 2.05) is 0 Å². The van der Waals surface area contributed by atoms with Gasteiger partial charge in [-0.15, -0.1) is 0 Å². The summed E-state index contributed by atoms with van der Waals surface area (Å²) in [6.07, 6.45) is 0.905. The van der Waals surface area contributed by atoms with Gasteiger partial charge >= 0.3 is 5.97 Å². The molecule has 0 fully saturated rings. The Bertz CT molecular complexity index is 1360. The van der Waals surface area contributed by atoms with Crippen molar-refractivity contribution in [2.24, 2.45) is 0 Å². The minimum atomic E-state index is -0.443. The summed E-state index contributed by atoms with van der Waals surface area (Å²) < 4.78 is 48.5. The topological polar surface area (TPSA) is 34.5 Å². The predicted molar refractivity (Wildman–Crippen MR) is 127 cm³/mol. The number of esters is 1. The Morgan fingerprint density at radius 1 is 0.914 bits per heavy atom. The third-order valence-electron chi connectivity index (χ3n) is 6.47. The van der Waals surface area contributed by atoms with Crippen LogP contribution in [0.2, 0.25) is 0 Å². The van der Waals surface area contributed by atoms with Gasteiger partial charge in [0.1, 0.15) is 23.6 Å². The average Bonchev–Trinajstić information content (AvgIpc) is 3.36. The van der Waals surface area contributed by atoms with E-state index in [1.165, 1.54) is 37.3 Å². The van der Waals surface area contributed by atoms with Crippen molar-refractivity contribution in [2.45, 2.75) is 39.0 Å². The maximum Gasteiger partial charge on any atom is 0.303 e. The molecular formula is C28H25F3N2O2. The standard InChI is InChI=1S/C28H25F3N2O2/c1-18(34)35-28(19-4-6-20(29)7-5-19)3-2-14-32-16-25-24-15-22(31)10-13-26(24)33(27(25)17-32)23-11-8-21(30)9-12-23/h4-13,15,28H,2-3,14,16-17H2,1H3. The molecule has 3 aromatic carbocycles. The summed E-state index contributed by atoms with van der Waals surface area (Å²) >= 11 is 0. The minimum Gasteiger partial charge on any atom is -0.458 e. The van der Waals surface area contributed by atoms with Crippen LogP contribution in [0.15, 0.2) is 66.7 Å². The molecule has 5 rings (SSSR count). The highest BCUT2D eigenvalue weighted by Gasteiger charge is 2.28. The number of hydrogen-bond acceptors (Lipinski definition) is 3. The number of hydrogen-bond donors (Lipinski definition) is 0. The molecule has 1 unspecified atom stereocenters. The normalized spacial score (nSPS) is 14.3. The van der Waals surface area contributed by atoms with E-state index < -0.39 is 6.10 Å². The van der Waals surface area contributed by atoms with Gasteiger partial charge in [-0.1, -0.05) is 12.1 Å². The van der Waals surface area contributed by atoms with Gasteiger partial charge in [0.25, 0.3) is 0 Å². The lowest BCUT2D eigenvalue weighted by atomic mass is 10.0. The Morgan fingerprint density at radius 2 is 1.57 bits per heavy atom. The van der Waals surface area contributed by atoms with Crippen molar-refractivity contribution < 1.29 is 22.7 Å². The van der Waals surface area contributed by atoms with Gasteiger partial charge in [-0.05, 0) is 85.1 Å². The van der Waals surface area contributed by atoms with Crippen molar-refractivity contribution in [3.8, 4) is 5.69 Å². The molecule has 1 aromatic heterocycles. The molecule has 7 heteroatoms.